The van der Waals surface area contributed by atoms with Crippen molar-refractivity contribution in [1.82, 2.24) is 4.90 Å². The number of imide groups is 1. The first-order valence-electron chi connectivity index (χ1n) is 11.7. The number of nitrogens with zero attached hydrogens (tertiary/aromatic N) is 1. The van der Waals surface area contributed by atoms with Crippen molar-refractivity contribution in [3.8, 4) is 0 Å². The molecule has 0 radical (unpaired) electrons. The summed E-state index contributed by atoms with van der Waals surface area (Å²) < 4.78 is 6.50. The van der Waals surface area contributed by atoms with Gasteiger partial charge in [0.1, 0.15) is 0 Å². The summed E-state index contributed by atoms with van der Waals surface area (Å²) in [4.78, 5) is 38.4. The smallest absolute Gasteiger partial charge is 0.261 e. The van der Waals surface area contributed by atoms with E-state index in [1.54, 1.807) is 24.3 Å². The molecule has 0 N–H and O–H groups in total. The molecule has 2 heterocycles. The van der Waals surface area contributed by atoms with Crippen LogP contribution in [-0.2, 0) is 14.5 Å². The number of carbonyl (C=O) groups excluding carboxylic acids is 2. The van der Waals surface area contributed by atoms with Gasteiger partial charge < -0.3 is 4.74 Å². The Labute approximate surface area is 184 Å². The van der Waals surface area contributed by atoms with Crippen LogP contribution in [0, 0.1) is 17.3 Å². The topological polar surface area (TPSA) is 65.1 Å². The van der Waals surface area contributed by atoms with Crippen LogP contribution in [0.2, 0.25) is 0 Å². The fourth-order valence-corrected chi connectivity index (χ4v) is 5.78. The second-order valence-corrected chi connectivity index (χ2v) is 10.9. The lowest BCUT2D eigenvalue weighted by molar-refractivity contribution is -0.360. The van der Waals surface area contributed by atoms with Crippen LogP contribution < -0.4 is 0 Å². The third-order valence-electron chi connectivity index (χ3n) is 7.88. The Balaban J connectivity index is 1.17. The Kier molecular flexibility index (Phi) is 5.03. The van der Waals surface area contributed by atoms with Gasteiger partial charge in [-0.3, -0.25) is 14.5 Å². The molecule has 0 aromatic heterocycles. The van der Waals surface area contributed by atoms with Crippen LogP contribution in [0.15, 0.2) is 24.3 Å². The third kappa shape index (κ3) is 3.73. The predicted octanol–water partition coefficient (Wildman–Crippen LogP) is 5.08. The first-order valence-corrected chi connectivity index (χ1v) is 11.7. The fourth-order valence-electron chi connectivity index (χ4n) is 5.78. The van der Waals surface area contributed by atoms with Gasteiger partial charge in [0.25, 0.3) is 11.8 Å². The van der Waals surface area contributed by atoms with Gasteiger partial charge in [-0.15, -0.1) is 0 Å². The molecule has 6 nitrogen and oxygen atoms in total. The van der Waals surface area contributed by atoms with Crippen LogP contribution in [0.25, 0.3) is 0 Å². The number of amides is 2. The van der Waals surface area contributed by atoms with Crippen LogP contribution in [0.1, 0.15) is 92.9 Å². The van der Waals surface area contributed by atoms with Gasteiger partial charge in [-0.05, 0) is 55.1 Å². The van der Waals surface area contributed by atoms with Gasteiger partial charge in [-0.2, -0.15) is 9.78 Å². The molecule has 2 saturated carbocycles. The molecule has 0 bridgehead atoms. The third-order valence-corrected chi connectivity index (χ3v) is 7.88. The van der Waals surface area contributed by atoms with E-state index in [2.05, 4.69) is 20.8 Å². The summed E-state index contributed by atoms with van der Waals surface area (Å²) in [5, 5.41) is 0. The average molecular weight is 428 g/mol. The van der Waals surface area contributed by atoms with E-state index in [1.807, 2.05) is 0 Å². The average Bonchev–Trinajstić information content (AvgIpc) is 3.20. The molecular weight excluding hydrogens is 394 g/mol. The molecule has 6 heteroatoms. The van der Waals surface area contributed by atoms with E-state index in [0.29, 0.717) is 29.0 Å². The number of ether oxygens (including phenoxy) is 1. The number of hydrogen-bond acceptors (Lipinski definition) is 5. The number of benzene rings is 1. The molecule has 31 heavy (non-hydrogen) atoms. The fraction of sp³-hybridized carbons (Fsp3) is 0.680. The molecule has 1 aromatic carbocycles. The highest BCUT2D eigenvalue weighted by atomic mass is 17.3. The lowest BCUT2D eigenvalue weighted by atomic mass is 9.71. The van der Waals surface area contributed by atoms with Crippen molar-refractivity contribution >= 4 is 11.8 Å². The first kappa shape index (κ1) is 21.1. The minimum Gasteiger partial charge on any atom is -0.312 e. The van der Waals surface area contributed by atoms with Crippen molar-refractivity contribution in [3.05, 3.63) is 35.4 Å². The van der Waals surface area contributed by atoms with Crippen LogP contribution in [0.3, 0.4) is 0 Å². The van der Waals surface area contributed by atoms with Gasteiger partial charge in [-0.1, -0.05) is 32.9 Å². The normalized spacial score (nSPS) is 35.9. The maximum Gasteiger partial charge on any atom is 0.261 e. The Morgan fingerprint density at radius 1 is 0.871 bits per heavy atom. The Hall–Kier alpha value is -1.76. The van der Waals surface area contributed by atoms with E-state index in [4.69, 9.17) is 14.5 Å². The van der Waals surface area contributed by atoms with Gasteiger partial charge in [0, 0.05) is 32.2 Å². The molecule has 2 spiro atoms. The summed E-state index contributed by atoms with van der Waals surface area (Å²) in [5.41, 5.74) is 1.34. The number of carbonyl (C=O) groups is 2. The molecule has 1 saturated heterocycles. The van der Waals surface area contributed by atoms with Crippen LogP contribution in [0.5, 0.6) is 0 Å². The number of rotatable bonds is 2. The summed E-state index contributed by atoms with van der Waals surface area (Å²) in [6, 6.07) is 7.07. The minimum atomic E-state index is -0.674. The summed E-state index contributed by atoms with van der Waals surface area (Å²) in [6.07, 6.45) is 7.06. The highest BCUT2D eigenvalue weighted by Gasteiger charge is 2.55. The summed E-state index contributed by atoms with van der Waals surface area (Å²) in [5.74, 6) is -0.686. The van der Waals surface area contributed by atoms with Gasteiger partial charge in [-0.25, -0.2) is 0 Å². The second kappa shape index (κ2) is 7.39. The monoisotopic (exact) mass is 427 g/mol. The quantitative estimate of drug-likeness (QED) is 0.486. The molecule has 168 valence electrons. The Bertz CT molecular complexity index is 837. The summed E-state index contributed by atoms with van der Waals surface area (Å²) >= 11 is 0. The van der Waals surface area contributed by atoms with Crippen molar-refractivity contribution in [2.24, 2.45) is 17.3 Å². The maximum absolute atomic E-state index is 12.7. The molecule has 2 amide bonds. The minimum absolute atomic E-state index is 0.174. The van der Waals surface area contributed by atoms with Crippen molar-refractivity contribution < 1.29 is 24.1 Å². The lowest BCUT2D eigenvalue weighted by Crippen LogP contribution is -2.44. The standard InChI is InChI=1S/C25H33NO5/c1-23(2,3)18-10-14-25(15-11-18)29-24(30-31-25)12-8-17(9-13-24)16-26-21(27)19-6-4-5-7-20(19)22(26)28/h4-7,17-18H,8-16H2,1-3H3. The summed E-state index contributed by atoms with van der Waals surface area (Å²) in [7, 11) is 0. The van der Waals surface area contributed by atoms with Crippen molar-refractivity contribution in [3.63, 3.8) is 0 Å². The molecule has 1 aromatic rings. The van der Waals surface area contributed by atoms with Gasteiger partial charge in [0.05, 0.1) is 11.1 Å². The zero-order valence-corrected chi connectivity index (χ0v) is 18.8. The van der Waals surface area contributed by atoms with Gasteiger partial charge in [0.15, 0.2) is 0 Å². The SMILES string of the molecule is CC(C)(C)C1CCC2(CC1)OOC1(CCC(CN3C(=O)c4ccccc4C3=O)CC1)O2. The van der Waals surface area contributed by atoms with Crippen LogP contribution >= 0.6 is 0 Å². The zero-order valence-electron chi connectivity index (χ0n) is 18.8. The number of hydrogen-bond donors (Lipinski definition) is 0. The molecular formula is C25H33NO5. The van der Waals surface area contributed by atoms with E-state index in [1.165, 1.54) is 4.90 Å². The van der Waals surface area contributed by atoms with E-state index >= 15 is 0 Å². The van der Waals surface area contributed by atoms with Gasteiger partial charge >= 0.3 is 0 Å². The van der Waals surface area contributed by atoms with E-state index in [9.17, 15) is 9.59 Å². The number of fused-ring (bicyclic) bond motifs is 1. The van der Waals surface area contributed by atoms with E-state index < -0.39 is 11.6 Å². The lowest BCUT2D eigenvalue weighted by Gasteiger charge is -2.41. The van der Waals surface area contributed by atoms with Crippen molar-refractivity contribution in [2.45, 2.75) is 83.7 Å². The highest BCUT2D eigenvalue weighted by molar-refractivity contribution is 6.21. The molecule has 0 unspecified atom stereocenters. The predicted molar refractivity (Wildman–Crippen MR) is 114 cm³/mol. The molecule has 4 aliphatic rings. The molecule has 2 aliphatic heterocycles. The Morgan fingerprint density at radius 3 is 1.84 bits per heavy atom. The molecule has 5 rings (SSSR count). The van der Waals surface area contributed by atoms with Crippen LogP contribution in [0.4, 0.5) is 0 Å². The Morgan fingerprint density at radius 2 is 1.35 bits per heavy atom. The van der Waals surface area contributed by atoms with E-state index in [0.717, 1.165) is 51.4 Å². The molecule has 2 aliphatic carbocycles. The highest BCUT2D eigenvalue weighted by Crippen LogP contribution is 2.51. The van der Waals surface area contributed by atoms with Crippen molar-refractivity contribution in [1.29, 1.82) is 0 Å². The largest absolute Gasteiger partial charge is 0.312 e. The van der Waals surface area contributed by atoms with E-state index in [-0.39, 0.29) is 17.7 Å². The van der Waals surface area contributed by atoms with Crippen LogP contribution in [-0.4, -0.2) is 34.8 Å². The van der Waals surface area contributed by atoms with Gasteiger partial charge in [0.2, 0.25) is 11.6 Å². The molecule has 0 atom stereocenters. The first-order chi connectivity index (χ1) is 14.7. The van der Waals surface area contributed by atoms with Crippen molar-refractivity contribution in [2.75, 3.05) is 6.54 Å². The maximum atomic E-state index is 12.7. The molecule has 3 fully saturated rings. The summed E-state index contributed by atoms with van der Waals surface area (Å²) in [6.45, 7) is 7.38. The second-order valence-electron chi connectivity index (χ2n) is 10.9. The zero-order chi connectivity index (χ0) is 21.9.